The third-order valence-electron chi connectivity index (χ3n) is 7.63. The number of amides is 1. The summed E-state index contributed by atoms with van der Waals surface area (Å²) in [6, 6.07) is 21.5. The first-order chi connectivity index (χ1) is 19.4. The number of aliphatic hydroxyl groups is 1. The minimum atomic E-state index is -0.737. The molecular weight excluding hydrogens is 504 g/mol. The summed E-state index contributed by atoms with van der Waals surface area (Å²) in [6.45, 7) is 9.24. The fraction of sp³-hybridized carbons (Fsp3) is 0.333. The summed E-state index contributed by atoms with van der Waals surface area (Å²) in [7, 11) is 0. The highest BCUT2D eigenvalue weighted by atomic mass is 16.5. The van der Waals surface area contributed by atoms with Gasteiger partial charge in [0, 0.05) is 18.5 Å². The predicted molar refractivity (Wildman–Crippen MR) is 155 cm³/mol. The maximum absolute atomic E-state index is 13.5. The number of Topliss-reactive ketones (excluding diaryl/α,β-unsaturated/α-hetero) is 1. The number of ether oxygens (including phenoxy) is 2. The zero-order valence-electron chi connectivity index (χ0n) is 23.3. The van der Waals surface area contributed by atoms with Crippen molar-refractivity contribution in [2.75, 3.05) is 26.2 Å². The Morgan fingerprint density at radius 1 is 1.00 bits per heavy atom. The Morgan fingerprint density at radius 2 is 1.75 bits per heavy atom. The number of para-hydroxylation sites is 1. The predicted octanol–water partition coefficient (Wildman–Crippen LogP) is 5.96. The molecule has 1 N–H and O–H groups in total. The molecule has 208 valence electrons. The van der Waals surface area contributed by atoms with Gasteiger partial charge in [-0.05, 0) is 86.6 Å². The SMILES string of the molecule is CCN(CC)CCCN1C(=O)C(=O)/C(=C(\O)c2ccc3c(c2)CC(C)O3)C1c1cccc(Oc2ccccc2)c1. The van der Waals surface area contributed by atoms with Gasteiger partial charge in [0.1, 0.15) is 29.1 Å². The average molecular weight is 541 g/mol. The maximum atomic E-state index is 13.5. The molecule has 0 saturated carbocycles. The molecule has 5 rings (SSSR count). The first-order valence-electron chi connectivity index (χ1n) is 14.0. The van der Waals surface area contributed by atoms with Crippen LogP contribution in [0.5, 0.6) is 17.2 Å². The van der Waals surface area contributed by atoms with Crippen LogP contribution in [0.2, 0.25) is 0 Å². The van der Waals surface area contributed by atoms with Crippen molar-refractivity contribution in [1.29, 1.82) is 0 Å². The number of carbonyl (C=O) groups excluding carboxylic acids is 2. The summed E-state index contributed by atoms with van der Waals surface area (Å²) in [5, 5.41) is 11.5. The molecule has 1 saturated heterocycles. The number of fused-ring (bicyclic) bond motifs is 1. The number of likely N-dealkylation sites (tertiary alicyclic amines) is 1. The molecule has 1 fully saturated rings. The summed E-state index contributed by atoms with van der Waals surface area (Å²) in [6.07, 6.45) is 1.48. The molecule has 0 aliphatic carbocycles. The first kappa shape index (κ1) is 27.5. The van der Waals surface area contributed by atoms with E-state index >= 15 is 0 Å². The van der Waals surface area contributed by atoms with Gasteiger partial charge in [0.05, 0.1) is 11.6 Å². The molecule has 0 bridgehead atoms. The molecule has 2 unspecified atom stereocenters. The number of aliphatic hydroxyl groups excluding tert-OH is 1. The summed E-state index contributed by atoms with van der Waals surface area (Å²) in [5.41, 5.74) is 2.27. The van der Waals surface area contributed by atoms with Crippen LogP contribution in [0.4, 0.5) is 0 Å². The van der Waals surface area contributed by atoms with Crippen LogP contribution in [0.25, 0.3) is 5.76 Å². The van der Waals surface area contributed by atoms with E-state index in [1.54, 1.807) is 11.0 Å². The lowest BCUT2D eigenvalue weighted by molar-refractivity contribution is -0.140. The second kappa shape index (κ2) is 12.0. The summed E-state index contributed by atoms with van der Waals surface area (Å²) in [4.78, 5) is 30.8. The Bertz CT molecular complexity index is 1410. The van der Waals surface area contributed by atoms with Crippen LogP contribution in [-0.2, 0) is 16.0 Å². The molecule has 2 atom stereocenters. The molecule has 0 radical (unpaired) electrons. The summed E-state index contributed by atoms with van der Waals surface area (Å²) < 4.78 is 11.9. The molecular formula is C33H36N2O5. The number of hydrogen-bond donors (Lipinski definition) is 1. The van der Waals surface area contributed by atoms with Crippen molar-refractivity contribution in [3.05, 3.63) is 95.1 Å². The monoisotopic (exact) mass is 540 g/mol. The van der Waals surface area contributed by atoms with E-state index in [0.29, 0.717) is 35.6 Å². The highest BCUT2D eigenvalue weighted by molar-refractivity contribution is 6.46. The van der Waals surface area contributed by atoms with Gasteiger partial charge in [0.15, 0.2) is 0 Å². The van der Waals surface area contributed by atoms with Gasteiger partial charge in [-0.3, -0.25) is 9.59 Å². The number of benzene rings is 3. The van der Waals surface area contributed by atoms with E-state index in [9.17, 15) is 14.7 Å². The van der Waals surface area contributed by atoms with Crippen molar-refractivity contribution < 1.29 is 24.2 Å². The van der Waals surface area contributed by atoms with Crippen molar-refractivity contribution in [2.24, 2.45) is 0 Å². The van der Waals surface area contributed by atoms with E-state index in [4.69, 9.17) is 9.47 Å². The molecule has 7 heteroatoms. The standard InChI is InChI=1S/C33H36N2O5/c1-4-34(5-2)17-10-18-35-30(23-11-9-14-27(21-23)40-26-12-7-6-8-13-26)29(32(37)33(35)38)31(36)24-15-16-28-25(20-24)19-22(3)39-28/h6-9,11-16,20-22,30,36H,4-5,10,17-19H2,1-3H3/b31-29-. The molecule has 0 spiro atoms. The van der Waals surface area contributed by atoms with E-state index < -0.39 is 17.7 Å². The van der Waals surface area contributed by atoms with Gasteiger partial charge in [-0.1, -0.05) is 44.2 Å². The van der Waals surface area contributed by atoms with Crippen LogP contribution in [0.1, 0.15) is 49.9 Å². The molecule has 1 amide bonds. The largest absolute Gasteiger partial charge is 0.507 e. The van der Waals surface area contributed by atoms with E-state index in [1.807, 2.05) is 73.7 Å². The van der Waals surface area contributed by atoms with Crippen molar-refractivity contribution in [2.45, 2.75) is 45.8 Å². The molecule has 3 aromatic rings. The third-order valence-corrected chi connectivity index (χ3v) is 7.63. The topological polar surface area (TPSA) is 79.3 Å². The zero-order chi connectivity index (χ0) is 28.2. The second-order valence-corrected chi connectivity index (χ2v) is 10.3. The van der Waals surface area contributed by atoms with Crippen LogP contribution in [0.3, 0.4) is 0 Å². The van der Waals surface area contributed by atoms with Gasteiger partial charge in [-0.15, -0.1) is 0 Å². The molecule has 2 aliphatic rings. The van der Waals surface area contributed by atoms with Gasteiger partial charge in [0.2, 0.25) is 0 Å². The smallest absolute Gasteiger partial charge is 0.295 e. The van der Waals surface area contributed by atoms with Crippen LogP contribution < -0.4 is 9.47 Å². The van der Waals surface area contributed by atoms with Crippen LogP contribution in [0.15, 0.2) is 78.4 Å². The Hall–Kier alpha value is -4.10. The molecule has 0 aromatic heterocycles. The summed E-state index contributed by atoms with van der Waals surface area (Å²) >= 11 is 0. The first-order valence-corrected chi connectivity index (χ1v) is 14.0. The molecule has 40 heavy (non-hydrogen) atoms. The lowest BCUT2D eigenvalue weighted by Crippen LogP contribution is -2.33. The molecule has 2 heterocycles. The number of rotatable bonds is 10. The fourth-order valence-corrected chi connectivity index (χ4v) is 5.56. The van der Waals surface area contributed by atoms with E-state index in [-0.39, 0.29) is 17.4 Å². The minimum Gasteiger partial charge on any atom is -0.507 e. The van der Waals surface area contributed by atoms with Crippen molar-refractivity contribution >= 4 is 17.4 Å². The Kier molecular flexibility index (Phi) is 8.21. The average Bonchev–Trinajstić information content (AvgIpc) is 3.46. The number of hydrogen-bond acceptors (Lipinski definition) is 6. The number of carbonyl (C=O) groups is 2. The van der Waals surface area contributed by atoms with E-state index in [0.717, 1.165) is 37.4 Å². The van der Waals surface area contributed by atoms with Crippen molar-refractivity contribution in [1.82, 2.24) is 9.80 Å². The Balaban J connectivity index is 1.54. The lowest BCUT2D eigenvalue weighted by Gasteiger charge is -2.27. The van der Waals surface area contributed by atoms with Crippen LogP contribution in [-0.4, -0.2) is 58.9 Å². The van der Waals surface area contributed by atoms with E-state index in [2.05, 4.69) is 18.7 Å². The second-order valence-electron chi connectivity index (χ2n) is 10.3. The van der Waals surface area contributed by atoms with Gasteiger partial charge < -0.3 is 24.4 Å². The highest BCUT2D eigenvalue weighted by Crippen LogP contribution is 2.41. The minimum absolute atomic E-state index is 0.0520. The molecule has 3 aromatic carbocycles. The maximum Gasteiger partial charge on any atom is 0.295 e. The lowest BCUT2D eigenvalue weighted by atomic mass is 9.94. The Morgan fingerprint density at radius 3 is 2.50 bits per heavy atom. The zero-order valence-corrected chi connectivity index (χ0v) is 23.3. The third kappa shape index (κ3) is 5.61. The molecule has 2 aliphatic heterocycles. The van der Waals surface area contributed by atoms with E-state index in [1.165, 1.54) is 0 Å². The van der Waals surface area contributed by atoms with Crippen molar-refractivity contribution in [3.63, 3.8) is 0 Å². The number of ketones is 1. The van der Waals surface area contributed by atoms with Gasteiger partial charge >= 0.3 is 0 Å². The quantitative estimate of drug-likeness (QED) is 0.194. The summed E-state index contributed by atoms with van der Waals surface area (Å²) in [5.74, 6) is 0.599. The van der Waals surface area contributed by atoms with Crippen LogP contribution >= 0.6 is 0 Å². The number of nitrogens with zero attached hydrogens (tertiary/aromatic N) is 2. The molecule has 7 nitrogen and oxygen atoms in total. The van der Waals surface area contributed by atoms with Gasteiger partial charge in [-0.2, -0.15) is 0 Å². The van der Waals surface area contributed by atoms with Gasteiger partial charge in [0.25, 0.3) is 11.7 Å². The van der Waals surface area contributed by atoms with Crippen molar-refractivity contribution in [3.8, 4) is 17.2 Å². The van der Waals surface area contributed by atoms with Crippen LogP contribution in [0, 0.1) is 0 Å². The fourth-order valence-electron chi connectivity index (χ4n) is 5.56. The van der Waals surface area contributed by atoms with Gasteiger partial charge in [-0.25, -0.2) is 0 Å². The normalized spacial score (nSPS) is 19.6. The Labute approximate surface area is 235 Å². The highest BCUT2D eigenvalue weighted by Gasteiger charge is 2.46.